The van der Waals surface area contributed by atoms with Gasteiger partial charge in [0.15, 0.2) is 0 Å². The molecule has 0 aliphatic carbocycles. The van der Waals surface area contributed by atoms with Crippen LogP contribution < -0.4 is 5.32 Å². The van der Waals surface area contributed by atoms with Crippen molar-refractivity contribution in [1.82, 2.24) is 5.32 Å². The molecule has 31 heavy (non-hydrogen) atoms. The third-order valence-electron chi connectivity index (χ3n) is 4.43. The summed E-state index contributed by atoms with van der Waals surface area (Å²) in [5, 5.41) is 22.2. The Hall–Kier alpha value is -3.06. The summed E-state index contributed by atoms with van der Waals surface area (Å²) in [6.07, 6.45) is -0.0794. The van der Waals surface area contributed by atoms with Gasteiger partial charge in [-0.15, -0.1) is 0 Å². The van der Waals surface area contributed by atoms with Crippen LogP contribution >= 0.6 is 0 Å². The molecule has 0 aliphatic heterocycles. The maximum atomic E-state index is 12.8. The van der Waals surface area contributed by atoms with Gasteiger partial charge in [-0.3, -0.25) is 14.9 Å². The standard InChI is InChI=1S/C24H31NO6/c1-15(2)30-23(28)21(13-17-5-9-19(26)10-6-17)25-22(24(29)31-16(3)4)14-18-7-11-20(27)12-8-18/h5-12,15-16,21-22,25-27H,13-14H2,1-4H3. The van der Waals surface area contributed by atoms with Gasteiger partial charge in [0.25, 0.3) is 0 Å². The Morgan fingerprint density at radius 3 is 1.32 bits per heavy atom. The SMILES string of the molecule is CC(C)OC(=O)C(Cc1ccc(O)cc1)NC(Cc1ccc(O)cc1)C(=O)OC(C)C. The molecular weight excluding hydrogens is 398 g/mol. The lowest BCUT2D eigenvalue weighted by Gasteiger charge is -2.25. The minimum absolute atomic E-state index is 0.128. The molecule has 0 bridgehead atoms. The molecule has 3 N–H and O–H groups in total. The molecule has 2 aromatic rings. The maximum Gasteiger partial charge on any atom is 0.323 e. The maximum absolute atomic E-state index is 12.8. The Labute approximate surface area is 183 Å². The van der Waals surface area contributed by atoms with Crippen molar-refractivity contribution in [3.8, 4) is 11.5 Å². The predicted molar refractivity (Wildman–Crippen MR) is 117 cm³/mol. The lowest BCUT2D eigenvalue weighted by Crippen LogP contribution is -2.51. The summed E-state index contributed by atoms with van der Waals surface area (Å²) in [5.41, 5.74) is 1.60. The zero-order valence-corrected chi connectivity index (χ0v) is 18.4. The quantitative estimate of drug-likeness (QED) is 0.499. The number of carbonyl (C=O) groups excluding carboxylic acids is 2. The largest absolute Gasteiger partial charge is 0.508 e. The highest BCUT2D eigenvalue weighted by molar-refractivity contribution is 5.80. The molecule has 0 aromatic heterocycles. The van der Waals surface area contributed by atoms with Crippen molar-refractivity contribution < 1.29 is 29.3 Å². The topological polar surface area (TPSA) is 105 Å². The smallest absolute Gasteiger partial charge is 0.323 e. The monoisotopic (exact) mass is 429 g/mol. The van der Waals surface area contributed by atoms with E-state index in [0.717, 1.165) is 11.1 Å². The molecule has 0 saturated carbocycles. The third kappa shape index (κ3) is 8.30. The Bertz CT molecular complexity index is 774. The van der Waals surface area contributed by atoms with Gasteiger partial charge in [0.05, 0.1) is 12.2 Å². The molecule has 2 atom stereocenters. The van der Waals surface area contributed by atoms with Crippen molar-refractivity contribution in [1.29, 1.82) is 0 Å². The second-order valence-corrected chi connectivity index (χ2v) is 7.98. The lowest BCUT2D eigenvalue weighted by atomic mass is 10.0. The molecule has 2 rings (SSSR count). The zero-order valence-electron chi connectivity index (χ0n) is 18.4. The Balaban J connectivity index is 2.27. The van der Waals surface area contributed by atoms with Gasteiger partial charge in [0, 0.05) is 0 Å². The van der Waals surface area contributed by atoms with Crippen LogP contribution in [-0.4, -0.2) is 46.4 Å². The summed E-state index contributed by atoms with van der Waals surface area (Å²) in [4.78, 5) is 25.6. The van der Waals surface area contributed by atoms with Crippen LogP contribution in [0.5, 0.6) is 11.5 Å². The number of rotatable bonds is 10. The summed E-state index contributed by atoms with van der Waals surface area (Å²) in [7, 11) is 0. The Morgan fingerprint density at radius 1 is 0.710 bits per heavy atom. The molecule has 0 spiro atoms. The minimum Gasteiger partial charge on any atom is -0.508 e. The number of phenolic OH excluding ortho intramolecular Hbond substituents is 2. The van der Waals surface area contributed by atoms with Crippen molar-refractivity contribution in [2.45, 2.75) is 64.8 Å². The van der Waals surface area contributed by atoms with Crippen LogP contribution in [-0.2, 0) is 31.9 Å². The fraction of sp³-hybridized carbons (Fsp3) is 0.417. The van der Waals surface area contributed by atoms with Gasteiger partial charge < -0.3 is 19.7 Å². The zero-order chi connectivity index (χ0) is 23.0. The van der Waals surface area contributed by atoms with E-state index in [9.17, 15) is 19.8 Å². The van der Waals surface area contributed by atoms with E-state index in [1.165, 1.54) is 0 Å². The molecule has 7 nitrogen and oxygen atoms in total. The highest BCUT2D eigenvalue weighted by Gasteiger charge is 2.30. The van der Waals surface area contributed by atoms with Gasteiger partial charge in [0.1, 0.15) is 23.6 Å². The average molecular weight is 430 g/mol. The van der Waals surface area contributed by atoms with E-state index in [-0.39, 0.29) is 36.5 Å². The second kappa shape index (κ2) is 11.4. The van der Waals surface area contributed by atoms with Crippen LogP contribution in [0.3, 0.4) is 0 Å². The van der Waals surface area contributed by atoms with Crippen molar-refractivity contribution in [2.75, 3.05) is 0 Å². The number of hydrogen-bond acceptors (Lipinski definition) is 7. The van der Waals surface area contributed by atoms with Gasteiger partial charge in [-0.2, -0.15) is 0 Å². The van der Waals surface area contributed by atoms with Gasteiger partial charge in [0.2, 0.25) is 0 Å². The van der Waals surface area contributed by atoms with E-state index in [2.05, 4.69) is 5.32 Å². The number of esters is 2. The molecule has 2 aromatic carbocycles. The normalized spacial score (nSPS) is 13.1. The van der Waals surface area contributed by atoms with Crippen LogP contribution in [0.2, 0.25) is 0 Å². The summed E-state index contributed by atoms with van der Waals surface area (Å²) >= 11 is 0. The number of aromatic hydroxyl groups is 2. The van der Waals surface area contributed by atoms with E-state index in [0.29, 0.717) is 0 Å². The first kappa shape index (κ1) is 24.2. The highest BCUT2D eigenvalue weighted by Crippen LogP contribution is 2.15. The number of nitrogens with one attached hydrogen (secondary N) is 1. The van der Waals surface area contributed by atoms with Crippen LogP contribution in [0.4, 0.5) is 0 Å². The fourth-order valence-electron chi connectivity index (χ4n) is 3.03. The predicted octanol–water partition coefficient (Wildman–Crippen LogP) is 3.11. The Kier molecular flexibility index (Phi) is 8.88. The van der Waals surface area contributed by atoms with Crippen molar-refractivity contribution >= 4 is 11.9 Å². The van der Waals surface area contributed by atoms with Crippen LogP contribution in [0.25, 0.3) is 0 Å². The molecule has 0 radical (unpaired) electrons. The van der Waals surface area contributed by atoms with Crippen molar-refractivity contribution in [3.63, 3.8) is 0 Å². The Morgan fingerprint density at radius 2 is 1.03 bits per heavy atom. The first-order valence-corrected chi connectivity index (χ1v) is 10.4. The second-order valence-electron chi connectivity index (χ2n) is 7.98. The van der Waals surface area contributed by atoms with E-state index >= 15 is 0 Å². The summed E-state index contributed by atoms with van der Waals surface area (Å²) in [5.74, 6) is -0.695. The molecule has 0 amide bonds. The first-order valence-electron chi connectivity index (χ1n) is 10.4. The van der Waals surface area contributed by atoms with Gasteiger partial charge in [-0.1, -0.05) is 24.3 Å². The molecule has 0 saturated heterocycles. The molecule has 0 fully saturated rings. The lowest BCUT2D eigenvalue weighted by molar-refractivity contribution is -0.153. The molecular formula is C24H31NO6. The van der Waals surface area contributed by atoms with Crippen LogP contribution in [0, 0.1) is 0 Å². The summed E-state index contributed by atoms with van der Waals surface area (Å²) in [6, 6.07) is 11.4. The fourth-order valence-corrected chi connectivity index (χ4v) is 3.03. The van der Waals surface area contributed by atoms with E-state index in [1.54, 1.807) is 76.2 Å². The number of phenols is 2. The first-order chi connectivity index (χ1) is 14.6. The van der Waals surface area contributed by atoms with E-state index < -0.39 is 24.0 Å². The number of ether oxygens (including phenoxy) is 2. The minimum atomic E-state index is -0.797. The molecule has 0 heterocycles. The van der Waals surface area contributed by atoms with Gasteiger partial charge in [-0.25, -0.2) is 0 Å². The number of hydrogen-bond donors (Lipinski definition) is 3. The van der Waals surface area contributed by atoms with Crippen molar-refractivity contribution in [3.05, 3.63) is 59.7 Å². The van der Waals surface area contributed by atoms with E-state index in [4.69, 9.17) is 9.47 Å². The third-order valence-corrected chi connectivity index (χ3v) is 4.43. The summed E-state index contributed by atoms with van der Waals surface area (Å²) in [6.45, 7) is 7.04. The van der Waals surface area contributed by atoms with Gasteiger partial charge in [-0.05, 0) is 75.9 Å². The highest BCUT2D eigenvalue weighted by atomic mass is 16.5. The van der Waals surface area contributed by atoms with E-state index in [1.807, 2.05) is 0 Å². The molecule has 7 heteroatoms. The molecule has 0 aliphatic rings. The summed E-state index contributed by atoms with van der Waals surface area (Å²) < 4.78 is 10.8. The number of benzene rings is 2. The van der Waals surface area contributed by atoms with Crippen LogP contribution in [0.1, 0.15) is 38.8 Å². The average Bonchev–Trinajstić information content (AvgIpc) is 2.68. The van der Waals surface area contributed by atoms with Crippen LogP contribution in [0.15, 0.2) is 48.5 Å². The van der Waals surface area contributed by atoms with Gasteiger partial charge >= 0.3 is 11.9 Å². The van der Waals surface area contributed by atoms with Crippen molar-refractivity contribution in [2.24, 2.45) is 0 Å². The molecule has 168 valence electrons. The molecule has 2 unspecified atom stereocenters. The number of carbonyl (C=O) groups is 2.